The summed E-state index contributed by atoms with van der Waals surface area (Å²) in [7, 11) is 1.29. The number of methoxy groups -OCH3 is 1. The molecule has 0 aliphatic carbocycles. The zero-order valence-electron chi connectivity index (χ0n) is 15.5. The van der Waals surface area contributed by atoms with Crippen LogP contribution < -0.4 is 15.8 Å². The Hall–Kier alpha value is -3.05. The fraction of sp³-hybridized carbons (Fsp3) is 0.250. The Morgan fingerprint density at radius 3 is 2.50 bits per heavy atom. The van der Waals surface area contributed by atoms with Gasteiger partial charge in [0.1, 0.15) is 5.75 Å². The quantitative estimate of drug-likeness (QED) is 0.603. The van der Waals surface area contributed by atoms with Crippen LogP contribution >= 0.6 is 15.9 Å². The van der Waals surface area contributed by atoms with E-state index in [1.165, 1.54) is 7.11 Å². The van der Waals surface area contributed by atoms with E-state index < -0.39 is 17.9 Å². The summed E-state index contributed by atoms with van der Waals surface area (Å²) in [5.41, 5.74) is 7.65. The molecule has 0 bridgehead atoms. The lowest BCUT2D eigenvalue weighted by molar-refractivity contribution is -0.141. The van der Waals surface area contributed by atoms with Gasteiger partial charge in [-0.1, -0.05) is 22.9 Å². The van der Waals surface area contributed by atoms with Crippen LogP contribution in [-0.4, -0.2) is 25.6 Å². The Labute approximate surface area is 171 Å². The standard InChI is InChI=1S/C20H20BrN3O4/c1-3-13-8-14(21)9-16(19(13)28-11-17(23)25)18(20(26)27-2)24-15-6-4-12(10-22)5-7-15/h4-9,18,24H,3,11H2,1-2H3,(H2,23,25). The molecule has 0 aliphatic rings. The van der Waals surface area contributed by atoms with Gasteiger partial charge in [0.25, 0.3) is 5.91 Å². The monoisotopic (exact) mass is 445 g/mol. The molecule has 2 aromatic rings. The van der Waals surface area contributed by atoms with Crippen molar-refractivity contribution in [3.8, 4) is 11.8 Å². The van der Waals surface area contributed by atoms with Crippen LogP contribution in [0.2, 0.25) is 0 Å². The number of esters is 1. The smallest absolute Gasteiger partial charge is 0.333 e. The second kappa shape index (κ2) is 9.76. The largest absolute Gasteiger partial charge is 0.483 e. The first-order valence-corrected chi connectivity index (χ1v) is 9.26. The predicted molar refractivity (Wildman–Crippen MR) is 108 cm³/mol. The minimum Gasteiger partial charge on any atom is -0.483 e. The van der Waals surface area contributed by atoms with Crippen molar-refractivity contribution in [1.82, 2.24) is 0 Å². The molecule has 0 aromatic heterocycles. The van der Waals surface area contributed by atoms with Gasteiger partial charge in [-0.25, -0.2) is 4.79 Å². The zero-order chi connectivity index (χ0) is 20.7. The van der Waals surface area contributed by atoms with Crippen LogP contribution in [0.25, 0.3) is 0 Å². The molecule has 146 valence electrons. The third-order valence-electron chi connectivity index (χ3n) is 3.97. The van der Waals surface area contributed by atoms with Crippen molar-refractivity contribution in [2.75, 3.05) is 19.0 Å². The van der Waals surface area contributed by atoms with Gasteiger partial charge < -0.3 is 20.5 Å². The lowest BCUT2D eigenvalue weighted by atomic mass is 10.00. The van der Waals surface area contributed by atoms with Crippen molar-refractivity contribution in [2.45, 2.75) is 19.4 Å². The van der Waals surface area contributed by atoms with Gasteiger partial charge in [-0.05, 0) is 48.4 Å². The first kappa shape index (κ1) is 21.3. The maximum Gasteiger partial charge on any atom is 0.333 e. The summed E-state index contributed by atoms with van der Waals surface area (Å²) >= 11 is 3.45. The Morgan fingerprint density at radius 2 is 1.96 bits per heavy atom. The number of ether oxygens (including phenoxy) is 2. The number of carbonyl (C=O) groups excluding carboxylic acids is 2. The number of halogens is 1. The van der Waals surface area contributed by atoms with E-state index in [2.05, 4.69) is 21.2 Å². The molecular formula is C20H20BrN3O4. The third-order valence-corrected chi connectivity index (χ3v) is 4.43. The van der Waals surface area contributed by atoms with Gasteiger partial charge in [0.05, 0.1) is 18.7 Å². The molecule has 1 amide bonds. The van der Waals surface area contributed by atoms with Crippen molar-refractivity contribution in [1.29, 1.82) is 5.26 Å². The normalized spacial score (nSPS) is 11.2. The lowest BCUT2D eigenvalue weighted by Gasteiger charge is -2.23. The molecule has 2 aromatic carbocycles. The first-order valence-electron chi connectivity index (χ1n) is 8.47. The number of primary amides is 1. The molecule has 1 atom stereocenters. The number of amides is 1. The highest BCUT2D eigenvalue weighted by molar-refractivity contribution is 9.10. The Balaban J connectivity index is 2.51. The molecule has 3 N–H and O–H groups in total. The van der Waals surface area contributed by atoms with E-state index in [1.807, 2.05) is 19.1 Å². The summed E-state index contributed by atoms with van der Waals surface area (Å²) in [5, 5.41) is 12.0. The van der Waals surface area contributed by atoms with Crippen LogP contribution in [0, 0.1) is 11.3 Å². The van der Waals surface area contributed by atoms with Crippen LogP contribution in [0.15, 0.2) is 40.9 Å². The average molecular weight is 446 g/mol. The molecule has 0 saturated heterocycles. The highest BCUT2D eigenvalue weighted by atomic mass is 79.9. The molecular weight excluding hydrogens is 426 g/mol. The number of nitriles is 1. The molecule has 0 radical (unpaired) electrons. The van der Waals surface area contributed by atoms with Crippen molar-refractivity contribution < 1.29 is 19.1 Å². The number of benzene rings is 2. The number of anilines is 1. The first-order chi connectivity index (χ1) is 13.4. The van der Waals surface area contributed by atoms with E-state index in [1.54, 1.807) is 30.3 Å². The number of carbonyl (C=O) groups is 2. The highest BCUT2D eigenvalue weighted by Crippen LogP contribution is 2.35. The molecule has 1 unspecified atom stereocenters. The average Bonchev–Trinajstić information content (AvgIpc) is 2.70. The van der Waals surface area contributed by atoms with E-state index in [0.717, 1.165) is 10.0 Å². The Kier molecular flexibility index (Phi) is 7.41. The van der Waals surface area contributed by atoms with E-state index in [9.17, 15) is 9.59 Å². The number of aryl methyl sites for hydroxylation is 1. The summed E-state index contributed by atoms with van der Waals surface area (Å²) in [4.78, 5) is 23.8. The summed E-state index contributed by atoms with van der Waals surface area (Å²) in [5.74, 6) is -0.750. The number of nitrogens with one attached hydrogen (secondary N) is 1. The van der Waals surface area contributed by atoms with Crippen molar-refractivity contribution in [2.24, 2.45) is 5.73 Å². The summed E-state index contributed by atoms with van der Waals surface area (Å²) in [6, 6.07) is 11.4. The molecule has 7 nitrogen and oxygen atoms in total. The summed E-state index contributed by atoms with van der Waals surface area (Å²) < 4.78 is 11.4. The van der Waals surface area contributed by atoms with Crippen LogP contribution in [0.3, 0.4) is 0 Å². The van der Waals surface area contributed by atoms with Gasteiger partial charge in [-0.2, -0.15) is 5.26 Å². The molecule has 2 rings (SSSR count). The maximum absolute atomic E-state index is 12.5. The van der Waals surface area contributed by atoms with E-state index >= 15 is 0 Å². The molecule has 8 heteroatoms. The van der Waals surface area contributed by atoms with Crippen molar-refractivity contribution in [3.05, 3.63) is 57.6 Å². The Bertz CT molecular complexity index is 907. The van der Waals surface area contributed by atoms with Gasteiger partial charge in [0.15, 0.2) is 12.6 Å². The fourth-order valence-corrected chi connectivity index (χ4v) is 3.18. The van der Waals surface area contributed by atoms with Gasteiger partial charge in [-0.3, -0.25) is 4.79 Å². The second-order valence-corrected chi connectivity index (χ2v) is 6.80. The van der Waals surface area contributed by atoms with Gasteiger partial charge >= 0.3 is 5.97 Å². The summed E-state index contributed by atoms with van der Waals surface area (Å²) in [6.07, 6.45) is 0.616. The highest BCUT2D eigenvalue weighted by Gasteiger charge is 2.27. The van der Waals surface area contributed by atoms with Crippen LogP contribution in [0.1, 0.15) is 29.7 Å². The predicted octanol–water partition coefficient (Wildman–Crippen LogP) is 3.07. The van der Waals surface area contributed by atoms with E-state index in [4.69, 9.17) is 20.5 Å². The van der Waals surface area contributed by atoms with Crippen LogP contribution in [-0.2, 0) is 20.7 Å². The zero-order valence-corrected chi connectivity index (χ0v) is 17.1. The number of nitrogens with zero attached hydrogens (tertiary/aromatic N) is 1. The molecule has 0 aliphatic heterocycles. The van der Waals surface area contributed by atoms with Gasteiger partial charge in [0, 0.05) is 15.7 Å². The van der Waals surface area contributed by atoms with Crippen LogP contribution in [0.4, 0.5) is 5.69 Å². The lowest BCUT2D eigenvalue weighted by Crippen LogP contribution is -2.25. The molecule has 0 fully saturated rings. The van der Waals surface area contributed by atoms with Gasteiger partial charge in [0.2, 0.25) is 0 Å². The van der Waals surface area contributed by atoms with E-state index in [-0.39, 0.29) is 6.61 Å². The number of hydrogen-bond acceptors (Lipinski definition) is 6. The maximum atomic E-state index is 12.5. The minimum atomic E-state index is -0.899. The topological polar surface area (TPSA) is 114 Å². The number of rotatable bonds is 8. The molecule has 0 heterocycles. The molecule has 0 spiro atoms. The van der Waals surface area contributed by atoms with E-state index in [0.29, 0.717) is 29.0 Å². The fourth-order valence-electron chi connectivity index (χ4n) is 2.66. The van der Waals surface area contributed by atoms with Crippen LogP contribution in [0.5, 0.6) is 5.75 Å². The molecule has 28 heavy (non-hydrogen) atoms. The van der Waals surface area contributed by atoms with Gasteiger partial charge in [-0.15, -0.1) is 0 Å². The molecule has 0 saturated carbocycles. The Morgan fingerprint density at radius 1 is 1.29 bits per heavy atom. The van der Waals surface area contributed by atoms with Crippen molar-refractivity contribution in [3.63, 3.8) is 0 Å². The number of hydrogen-bond donors (Lipinski definition) is 2. The minimum absolute atomic E-state index is 0.313. The SMILES string of the molecule is CCc1cc(Br)cc(C(Nc2ccc(C#N)cc2)C(=O)OC)c1OCC(N)=O. The second-order valence-electron chi connectivity index (χ2n) is 5.88. The third kappa shape index (κ3) is 5.24. The van der Waals surface area contributed by atoms with Crippen molar-refractivity contribution >= 4 is 33.5 Å². The summed E-state index contributed by atoms with van der Waals surface area (Å²) in [6.45, 7) is 1.62. The number of nitrogens with two attached hydrogens (primary N) is 1.